The van der Waals surface area contributed by atoms with E-state index >= 15 is 0 Å². The van der Waals surface area contributed by atoms with E-state index in [1.54, 1.807) is 23.9 Å². The number of nitrogens with zero attached hydrogens (tertiary/aromatic N) is 1. The molecule has 0 radical (unpaired) electrons. The molecule has 148 valence electrons. The van der Waals surface area contributed by atoms with E-state index in [-0.39, 0.29) is 18.4 Å². The molecule has 0 aromatic heterocycles. The summed E-state index contributed by atoms with van der Waals surface area (Å²) >= 11 is 7.64. The van der Waals surface area contributed by atoms with Crippen LogP contribution in [0.25, 0.3) is 0 Å². The topological polar surface area (TPSA) is 77.8 Å². The molecule has 1 aliphatic heterocycles. The second-order valence-corrected chi connectivity index (χ2v) is 8.25. The first kappa shape index (κ1) is 21.8. The summed E-state index contributed by atoms with van der Waals surface area (Å²) < 4.78 is 0. The van der Waals surface area contributed by atoms with Gasteiger partial charge in [0.2, 0.25) is 5.91 Å². The van der Waals surface area contributed by atoms with Crippen LogP contribution in [0.1, 0.15) is 31.2 Å². The maximum atomic E-state index is 12.1. The third-order valence-electron chi connectivity index (χ3n) is 4.42. The second kappa shape index (κ2) is 11.4. The Morgan fingerprint density at radius 3 is 2.96 bits per heavy atom. The molecular weight excluding hydrogens is 386 g/mol. The Kier molecular flexibility index (Phi) is 9.18. The number of amides is 1. The lowest BCUT2D eigenvalue weighted by Crippen LogP contribution is -2.34. The van der Waals surface area contributed by atoms with Crippen LogP contribution in [0.3, 0.4) is 0 Å². The number of halogens is 1. The lowest BCUT2D eigenvalue weighted by molar-refractivity contribution is -0.137. The van der Waals surface area contributed by atoms with Gasteiger partial charge in [0.15, 0.2) is 0 Å². The molecule has 2 rings (SSSR count). The average molecular weight is 412 g/mol. The number of aliphatic carboxylic acids is 1. The van der Waals surface area contributed by atoms with Gasteiger partial charge in [0.05, 0.1) is 12.1 Å². The fourth-order valence-corrected chi connectivity index (χ4v) is 4.16. The summed E-state index contributed by atoms with van der Waals surface area (Å²) in [5.74, 6) is 0.945. The van der Waals surface area contributed by atoms with E-state index in [2.05, 4.69) is 0 Å². The van der Waals surface area contributed by atoms with E-state index < -0.39 is 12.1 Å². The van der Waals surface area contributed by atoms with Crippen LogP contribution < -0.4 is 0 Å². The van der Waals surface area contributed by atoms with Crippen LogP contribution in [-0.2, 0) is 16.0 Å². The highest BCUT2D eigenvalue weighted by Crippen LogP contribution is 2.21. The molecule has 1 heterocycles. The van der Waals surface area contributed by atoms with Crippen molar-refractivity contribution in [2.75, 3.05) is 18.1 Å². The predicted molar refractivity (Wildman–Crippen MR) is 109 cm³/mol. The monoisotopic (exact) mass is 411 g/mol. The highest BCUT2D eigenvalue weighted by atomic mass is 35.5. The number of carboxylic acids is 1. The minimum Gasteiger partial charge on any atom is -0.481 e. The Morgan fingerprint density at radius 2 is 2.22 bits per heavy atom. The van der Waals surface area contributed by atoms with Crippen molar-refractivity contribution < 1.29 is 19.8 Å². The summed E-state index contributed by atoms with van der Waals surface area (Å²) in [6.45, 7) is 0.649. The highest BCUT2D eigenvalue weighted by Gasteiger charge is 2.28. The van der Waals surface area contributed by atoms with Crippen LogP contribution in [0.15, 0.2) is 36.4 Å². The number of aliphatic hydroxyl groups is 1. The predicted octanol–water partition coefficient (Wildman–Crippen LogP) is 3.39. The number of rotatable bonds is 11. The van der Waals surface area contributed by atoms with E-state index in [0.29, 0.717) is 30.8 Å². The SMILES string of the molecule is O=C(O)CCCSCCN1C(=O)CC[C@@H]1C=C[C@H](O)Cc1cccc(Cl)c1. The zero-order valence-electron chi connectivity index (χ0n) is 15.2. The second-order valence-electron chi connectivity index (χ2n) is 6.59. The molecule has 0 aliphatic carbocycles. The number of benzene rings is 1. The van der Waals surface area contributed by atoms with Crippen LogP contribution in [0.4, 0.5) is 0 Å². The van der Waals surface area contributed by atoms with Crippen molar-refractivity contribution >= 4 is 35.2 Å². The van der Waals surface area contributed by atoms with Crippen molar-refractivity contribution in [3.05, 3.63) is 47.0 Å². The van der Waals surface area contributed by atoms with Crippen LogP contribution >= 0.6 is 23.4 Å². The minimum absolute atomic E-state index is 0.0196. The van der Waals surface area contributed by atoms with Gasteiger partial charge in [-0.15, -0.1) is 0 Å². The van der Waals surface area contributed by atoms with Crippen LogP contribution in [0, 0.1) is 0 Å². The van der Waals surface area contributed by atoms with Gasteiger partial charge in [-0.05, 0) is 36.3 Å². The molecule has 0 bridgehead atoms. The first-order valence-corrected chi connectivity index (χ1v) is 10.7. The number of carbonyl (C=O) groups is 2. The number of aliphatic hydroxyl groups excluding tert-OH is 1. The molecule has 0 spiro atoms. The van der Waals surface area contributed by atoms with Crippen LogP contribution in [0.2, 0.25) is 5.02 Å². The van der Waals surface area contributed by atoms with E-state index in [1.165, 1.54) is 0 Å². The van der Waals surface area contributed by atoms with Crippen molar-refractivity contribution in [2.24, 2.45) is 0 Å². The smallest absolute Gasteiger partial charge is 0.303 e. The molecule has 0 unspecified atom stereocenters. The van der Waals surface area contributed by atoms with Crippen molar-refractivity contribution in [1.82, 2.24) is 4.90 Å². The molecule has 1 fully saturated rings. The number of hydrogen-bond acceptors (Lipinski definition) is 4. The number of hydrogen-bond donors (Lipinski definition) is 2. The lowest BCUT2D eigenvalue weighted by Gasteiger charge is -2.22. The van der Waals surface area contributed by atoms with Crippen molar-refractivity contribution in [1.29, 1.82) is 0 Å². The Bertz CT molecular complexity index is 667. The highest BCUT2D eigenvalue weighted by molar-refractivity contribution is 7.99. The average Bonchev–Trinajstić information content (AvgIpc) is 2.96. The standard InChI is InChI=1S/C20H26ClNO4S/c21-16-4-1-3-15(13-16)14-18(23)8-6-17-7-9-19(24)22(17)10-12-27-11-2-5-20(25)26/h1,3-4,6,8,13,17-18,23H,2,5,7,9-12,14H2,(H,25,26)/t17-,18-/m0/s1. The fourth-order valence-electron chi connectivity index (χ4n) is 3.07. The molecule has 1 amide bonds. The molecule has 5 nitrogen and oxygen atoms in total. The van der Waals surface area contributed by atoms with Crippen LogP contribution in [0.5, 0.6) is 0 Å². The van der Waals surface area contributed by atoms with Crippen molar-refractivity contribution in [3.8, 4) is 0 Å². The largest absolute Gasteiger partial charge is 0.481 e. The molecule has 27 heavy (non-hydrogen) atoms. The van der Waals surface area contributed by atoms with Gasteiger partial charge in [-0.25, -0.2) is 0 Å². The minimum atomic E-state index is -0.771. The molecule has 1 aromatic carbocycles. The molecule has 7 heteroatoms. The molecule has 2 atom stereocenters. The lowest BCUT2D eigenvalue weighted by atomic mass is 10.1. The van der Waals surface area contributed by atoms with Gasteiger partial charge in [-0.2, -0.15) is 11.8 Å². The van der Waals surface area contributed by atoms with Gasteiger partial charge < -0.3 is 15.1 Å². The summed E-state index contributed by atoms with van der Waals surface area (Å²) in [6.07, 6.45) is 5.68. The van der Waals surface area contributed by atoms with Crippen molar-refractivity contribution in [2.45, 2.75) is 44.2 Å². The number of likely N-dealkylation sites (tertiary alicyclic amines) is 1. The van der Waals surface area contributed by atoms with E-state index in [9.17, 15) is 14.7 Å². The summed E-state index contributed by atoms with van der Waals surface area (Å²) in [5.41, 5.74) is 0.969. The third kappa shape index (κ3) is 7.95. The Balaban J connectivity index is 1.77. The molecule has 0 saturated carbocycles. The Labute approximate surface area is 169 Å². The molecule has 1 aromatic rings. The summed E-state index contributed by atoms with van der Waals surface area (Å²) in [4.78, 5) is 24.4. The molecule has 1 aliphatic rings. The fraction of sp³-hybridized carbons (Fsp3) is 0.500. The zero-order chi connectivity index (χ0) is 19.6. The van der Waals surface area contributed by atoms with Gasteiger partial charge in [0.25, 0.3) is 0 Å². The quantitative estimate of drug-likeness (QED) is 0.431. The normalized spacial score (nSPS) is 18.4. The zero-order valence-corrected chi connectivity index (χ0v) is 16.8. The summed E-state index contributed by atoms with van der Waals surface area (Å²) in [7, 11) is 0. The third-order valence-corrected chi connectivity index (χ3v) is 5.70. The van der Waals surface area contributed by atoms with E-state index in [4.69, 9.17) is 16.7 Å². The van der Waals surface area contributed by atoms with Gasteiger partial charge >= 0.3 is 5.97 Å². The summed E-state index contributed by atoms with van der Waals surface area (Å²) in [6, 6.07) is 7.45. The van der Waals surface area contributed by atoms with E-state index in [0.717, 1.165) is 23.5 Å². The van der Waals surface area contributed by atoms with Gasteiger partial charge in [0.1, 0.15) is 0 Å². The first-order chi connectivity index (χ1) is 13.0. The number of thioether (sulfide) groups is 1. The van der Waals surface area contributed by atoms with Crippen molar-refractivity contribution in [3.63, 3.8) is 0 Å². The Hall–Kier alpha value is -1.50. The summed E-state index contributed by atoms with van der Waals surface area (Å²) in [5, 5.41) is 19.5. The maximum absolute atomic E-state index is 12.1. The van der Waals surface area contributed by atoms with Gasteiger partial charge in [0, 0.05) is 36.6 Å². The number of carboxylic acid groups (broad SMARTS) is 1. The first-order valence-electron chi connectivity index (χ1n) is 9.15. The molecule has 2 N–H and O–H groups in total. The van der Waals surface area contributed by atoms with Gasteiger partial charge in [-0.3, -0.25) is 9.59 Å². The maximum Gasteiger partial charge on any atom is 0.303 e. The van der Waals surface area contributed by atoms with E-state index in [1.807, 2.05) is 29.2 Å². The molecular formula is C20H26ClNO4S. The van der Waals surface area contributed by atoms with Crippen LogP contribution in [-0.4, -0.2) is 57.2 Å². The molecule has 1 saturated heterocycles. The van der Waals surface area contributed by atoms with Gasteiger partial charge in [-0.1, -0.05) is 35.9 Å². The number of carbonyl (C=O) groups excluding carboxylic acids is 1. The Morgan fingerprint density at radius 1 is 1.41 bits per heavy atom.